The maximum Gasteiger partial charge on any atom is 0.126 e. The van der Waals surface area contributed by atoms with Gasteiger partial charge in [-0.05, 0) is 32.4 Å². The van der Waals surface area contributed by atoms with Crippen molar-refractivity contribution in [1.29, 1.82) is 0 Å². The topological polar surface area (TPSA) is 39.7 Å². The molecule has 0 unspecified atom stereocenters. The lowest BCUT2D eigenvalue weighted by Crippen LogP contribution is -2.15. The van der Waals surface area contributed by atoms with E-state index in [9.17, 15) is 0 Å². The number of hydrogen-bond acceptors (Lipinski definition) is 4. The SMILES string of the molecule is CCCNCCCCCCOc1cc(OC)cc(OC)c1. The lowest BCUT2D eigenvalue weighted by Gasteiger charge is -2.10. The molecular formula is C17H29NO3. The van der Waals surface area contributed by atoms with Crippen LogP contribution in [0.1, 0.15) is 39.0 Å². The average molecular weight is 295 g/mol. The first-order valence-electron chi connectivity index (χ1n) is 7.86. The summed E-state index contributed by atoms with van der Waals surface area (Å²) < 4.78 is 16.2. The fourth-order valence-corrected chi connectivity index (χ4v) is 2.06. The molecule has 0 atom stereocenters. The minimum atomic E-state index is 0.735. The van der Waals surface area contributed by atoms with Gasteiger partial charge in [-0.3, -0.25) is 0 Å². The van der Waals surface area contributed by atoms with Crippen molar-refractivity contribution in [2.24, 2.45) is 0 Å². The van der Waals surface area contributed by atoms with E-state index in [0.29, 0.717) is 0 Å². The molecule has 1 aromatic carbocycles. The van der Waals surface area contributed by atoms with E-state index >= 15 is 0 Å². The van der Waals surface area contributed by atoms with Gasteiger partial charge in [-0.25, -0.2) is 0 Å². The van der Waals surface area contributed by atoms with E-state index in [1.54, 1.807) is 14.2 Å². The van der Waals surface area contributed by atoms with Crippen molar-refractivity contribution >= 4 is 0 Å². The highest BCUT2D eigenvalue weighted by Gasteiger charge is 2.02. The minimum absolute atomic E-state index is 0.735. The molecule has 0 aliphatic heterocycles. The van der Waals surface area contributed by atoms with Crippen LogP contribution in [0.15, 0.2) is 18.2 Å². The predicted octanol–water partition coefficient (Wildman–Crippen LogP) is 3.64. The van der Waals surface area contributed by atoms with Gasteiger partial charge >= 0.3 is 0 Å². The first-order valence-corrected chi connectivity index (χ1v) is 7.86. The molecule has 0 radical (unpaired) electrons. The molecule has 0 aromatic heterocycles. The fraction of sp³-hybridized carbons (Fsp3) is 0.647. The molecule has 0 bridgehead atoms. The van der Waals surface area contributed by atoms with E-state index in [-0.39, 0.29) is 0 Å². The lowest BCUT2D eigenvalue weighted by atomic mass is 10.2. The van der Waals surface area contributed by atoms with Crippen LogP contribution < -0.4 is 19.5 Å². The van der Waals surface area contributed by atoms with E-state index in [4.69, 9.17) is 14.2 Å². The third-order valence-electron chi connectivity index (χ3n) is 3.27. The number of nitrogens with one attached hydrogen (secondary N) is 1. The van der Waals surface area contributed by atoms with Crippen LogP contribution in [0.25, 0.3) is 0 Å². The van der Waals surface area contributed by atoms with Gasteiger partial charge in [0, 0.05) is 18.2 Å². The number of methoxy groups -OCH3 is 2. The van der Waals surface area contributed by atoms with Crippen molar-refractivity contribution in [1.82, 2.24) is 5.32 Å². The van der Waals surface area contributed by atoms with Crippen molar-refractivity contribution in [2.45, 2.75) is 39.0 Å². The molecule has 0 amide bonds. The molecule has 21 heavy (non-hydrogen) atoms. The Labute approximate surface area is 128 Å². The first kappa shape index (κ1) is 17.6. The van der Waals surface area contributed by atoms with Crippen molar-refractivity contribution in [3.8, 4) is 17.2 Å². The quantitative estimate of drug-likeness (QED) is 0.598. The highest BCUT2D eigenvalue weighted by molar-refractivity contribution is 5.41. The Hall–Kier alpha value is -1.42. The molecule has 1 aromatic rings. The summed E-state index contributed by atoms with van der Waals surface area (Å²) in [6.07, 6.45) is 5.98. The lowest BCUT2D eigenvalue weighted by molar-refractivity contribution is 0.299. The van der Waals surface area contributed by atoms with Crippen LogP contribution in [-0.4, -0.2) is 33.9 Å². The molecule has 1 rings (SSSR count). The maximum absolute atomic E-state index is 5.76. The monoisotopic (exact) mass is 295 g/mol. The Bertz CT molecular complexity index is 360. The van der Waals surface area contributed by atoms with Gasteiger partial charge < -0.3 is 19.5 Å². The summed E-state index contributed by atoms with van der Waals surface area (Å²) in [5, 5.41) is 3.42. The Morgan fingerprint density at radius 1 is 0.810 bits per heavy atom. The molecule has 0 fully saturated rings. The molecule has 0 aliphatic carbocycles. The Morgan fingerprint density at radius 3 is 2.05 bits per heavy atom. The summed E-state index contributed by atoms with van der Waals surface area (Å²) >= 11 is 0. The van der Waals surface area contributed by atoms with Crippen molar-refractivity contribution in [3.05, 3.63) is 18.2 Å². The molecular weight excluding hydrogens is 266 g/mol. The van der Waals surface area contributed by atoms with E-state index in [1.165, 1.54) is 25.7 Å². The van der Waals surface area contributed by atoms with E-state index in [2.05, 4.69) is 12.2 Å². The first-order chi connectivity index (χ1) is 10.3. The number of benzene rings is 1. The molecule has 0 saturated heterocycles. The summed E-state index contributed by atoms with van der Waals surface area (Å²) in [6, 6.07) is 5.62. The van der Waals surface area contributed by atoms with Gasteiger partial charge in [-0.15, -0.1) is 0 Å². The standard InChI is InChI=1S/C17H29NO3/c1-4-9-18-10-7-5-6-8-11-21-17-13-15(19-2)12-16(14-17)20-3/h12-14,18H,4-11H2,1-3H3. The predicted molar refractivity (Wildman–Crippen MR) is 86.7 cm³/mol. The average Bonchev–Trinajstić information content (AvgIpc) is 2.52. The maximum atomic E-state index is 5.76. The smallest absolute Gasteiger partial charge is 0.126 e. The largest absolute Gasteiger partial charge is 0.496 e. The van der Waals surface area contributed by atoms with E-state index in [0.717, 1.165) is 43.4 Å². The highest BCUT2D eigenvalue weighted by Crippen LogP contribution is 2.27. The number of rotatable bonds is 12. The van der Waals surface area contributed by atoms with Gasteiger partial charge in [0.15, 0.2) is 0 Å². The van der Waals surface area contributed by atoms with Gasteiger partial charge in [0.1, 0.15) is 17.2 Å². The van der Waals surface area contributed by atoms with Crippen molar-refractivity contribution < 1.29 is 14.2 Å². The second kappa shape index (κ2) is 11.3. The highest BCUT2D eigenvalue weighted by atomic mass is 16.5. The Morgan fingerprint density at radius 2 is 1.43 bits per heavy atom. The van der Waals surface area contributed by atoms with Gasteiger partial charge in [0.2, 0.25) is 0 Å². The minimum Gasteiger partial charge on any atom is -0.496 e. The van der Waals surface area contributed by atoms with E-state index < -0.39 is 0 Å². The van der Waals surface area contributed by atoms with Crippen LogP contribution in [0.2, 0.25) is 0 Å². The van der Waals surface area contributed by atoms with Gasteiger partial charge in [-0.1, -0.05) is 19.8 Å². The third-order valence-corrected chi connectivity index (χ3v) is 3.27. The number of unbranched alkanes of at least 4 members (excludes halogenated alkanes) is 3. The zero-order valence-corrected chi connectivity index (χ0v) is 13.6. The van der Waals surface area contributed by atoms with Crippen LogP contribution in [-0.2, 0) is 0 Å². The van der Waals surface area contributed by atoms with Crippen LogP contribution in [0, 0.1) is 0 Å². The molecule has 0 spiro atoms. The zero-order chi connectivity index (χ0) is 15.3. The molecule has 120 valence electrons. The van der Waals surface area contributed by atoms with Gasteiger partial charge in [0.05, 0.1) is 20.8 Å². The fourth-order valence-electron chi connectivity index (χ4n) is 2.06. The molecule has 0 aliphatic rings. The Balaban J connectivity index is 2.15. The number of hydrogen-bond donors (Lipinski definition) is 1. The van der Waals surface area contributed by atoms with Crippen LogP contribution >= 0.6 is 0 Å². The van der Waals surface area contributed by atoms with E-state index in [1.807, 2.05) is 18.2 Å². The van der Waals surface area contributed by atoms with Crippen LogP contribution in [0.3, 0.4) is 0 Å². The Kier molecular flexibility index (Phi) is 9.46. The van der Waals surface area contributed by atoms with Gasteiger partial charge in [-0.2, -0.15) is 0 Å². The summed E-state index contributed by atoms with van der Waals surface area (Å²) in [6.45, 7) is 5.18. The molecule has 4 heteroatoms. The van der Waals surface area contributed by atoms with Crippen molar-refractivity contribution in [2.75, 3.05) is 33.9 Å². The normalized spacial score (nSPS) is 10.4. The molecule has 1 N–H and O–H groups in total. The number of ether oxygens (including phenoxy) is 3. The summed E-state index contributed by atoms with van der Waals surface area (Å²) in [5.41, 5.74) is 0. The summed E-state index contributed by atoms with van der Waals surface area (Å²) in [4.78, 5) is 0. The van der Waals surface area contributed by atoms with Gasteiger partial charge in [0.25, 0.3) is 0 Å². The van der Waals surface area contributed by atoms with Crippen LogP contribution in [0.4, 0.5) is 0 Å². The summed E-state index contributed by atoms with van der Waals surface area (Å²) in [5.74, 6) is 2.31. The molecule has 4 nitrogen and oxygen atoms in total. The second-order valence-corrected chi connectivity index (χ2v) is 5.06. The van der Waals surface area contributed by atoms with Crippen molar-refractivity contribution in [3.63, 3.8) is 0 Å². The third kappa shape index (κ3) is 7.81. The van der Waals surface area contributed by atoms with Crippen LogP contribution in [0.5, 0.6) is 17.2 Å². The summed E-state index contributed by atoms with van der Waals surface area (Å²) in [7, 11) is 3.29. The molecule has 0 saturated carbocycles. The second-order valence-electron chi connectivity index (χ2n) is 5.06. The zero-order valence-electron chi connectivity index (χ0n) is 13.6. The molecule has 0 heterocycles.